The maximum absolute atomic E-state index is 12.4. The summed E-state index contributed by atoms with van der Waals surface area (Å²) in [6.45, 7) is 8.99. The molecule has 0 spiro atoms. The van der Waals surface area contributed by atoms with Crippen molar-refractivity contribution in [3.05, 3.63) is 11.6 Å². The number of morpholine rings is 1. The van der Waals surface area contributed by atoms with E-state index in [4.69, 9.17) is 4.74 Å². The summed E-state index contributed by atoms with van der Waals surface area (Å²) < 4.78 is 7.28. The molecule has 1 atom stereocenters. The molecule has 22 heavy (non-hydrogen) atoms. The van der Waals surface area contributed by atoms with Gasteiger partial charge < -0.3 is 9.64 Å². The first-order valence-corrected chi connectivity index (χ1v) is 8.11. The molecule has 2 fully saturated rings. The molecule has 7 heteroatoms. The van der Waals surface area contributed by atoms with Crippen LogP contribution < -0.4 is 0 Å². The van der Waals surface area contributed by atoms with Crippen LogP contribution in [0.15, 0.2) is 0 Å². The number of nitrogens with zero attached hydrogens (tertiary/aromatic N) is 5. The minimum Gasteiger partial charge on any atom is -0.378 e. The van der Waals surface area contributed by atoms with E-state index in [1.807, 2.05) is 23.4 Å². The lowest BCUT2D eigenvalue weighted by atomic mass is 10.2. The molecule has 2 aliphatic heterocycles. The summed E-state index contributed by atoms with van der Waals surface area (Å²) in [5, 5.41) is 4.44. The average Bonchev–Trinajstić information content (AvgIpc) is 3.07. The van der Waals surface area contributed by atoms with Crippen molar-refractivity contribution in [2.24, 2.45) is 0 Å². The van der Waals surface area contributed by atoms with Crippen molar-refractivity contribution in [2.75, 3.05) is 39.4 Å². The Kier molecular flexibility index (Phi) is 4.73. The van der Waals surface area contributed by atoms with E-state index in [9.17, 15) is 4.79 Å². The molecule has 1 amide bonds. The van der Waals surface area contributed by atoms with E-state index < -0.39 is 0 Å². The second kappa shape index (κ2) is 6.75. The topological polar surface area (TPSA) is 63.5 Å². The van der Waals surface area contributed by atoms with E-state index in [-0.39, 0.29) is 5.91 Å². The van der Waals surface area contributed by atoms with Crippen LogP contribution in [0.3, 0.4) is 0 Å². The average molecular weight is 307 g/mol. The van der Waals surface area contributed by atoms with E-state index >= 15 is 0 Å². The van der Waals surface area contributed by atoms with E-state index in [0.717, 1.165) is 50.7 Å². The number of carbonyl (C=O) groups excluding carboxylic acids is 1. The van der Waals surface area contributed by atoms with Gasteiger partial charge in [-0.25, -0.2) is 9.67 Å². The Morgan fingerprint density at radius 2 is 2.05 bits per heavy atom. The number of ether oxygens (including phenoxy) is 1. The number of hydrogen-bond acceptors (Lipinski definition) is 5. The Morgan fingerprint density at radius 3 is 2.73 bits per heavy atom. The molecule has 0 aliphatic carbocycles. The zero-order chi connectivity index (χ0) is 15.5. The van der Waals surface area contributed by atoms with Crippen molar-refractivity contribution in [3.8, 4) is 0 Å². The number of hydrogen-bond donors (Lipinski definition) is 0. The van der Waals surface area contributed by atoms with Gasteiger partial charge in [-0.15, -0.1) is 0 Å². The number of carbonyl (C=O) groups is 1. The molecule has 0 radical (unpaired) electrons. The van der Waals surface area contributed by atoms with Gasteiger partial charge in [0.25, 0.3) is 0 Å². The third-order valence-electron chi connectivity index (χ3n) is 4.55. The predicted molar refractivity (Wildman–Crippen MR) is 81.5 cm³/mol. The van der Waals surface area contributed by atoms with Crippen molar-refractivity contribution in [2.45, 2.75) is 39.3 Å². The molecule has 0 unspecified atom stereocenters. The highest BCUT2D eigenvalue weighted by Gasteiger charge is 2.29. The molecular weight excluding hydrogens is 282 g/mol. The molecule has 7 nitrogen and oxygen atoms in total. The van der Waals surface area contributed by atoms with E-state index in [1.54, 1.807) is 0 Å². The van der Waals surface area contributed by atoms with Gasteiger partial charge in [0.2, 0.25) is 5.91 Å². The Morgan fingerprint density at radius 1 is 1.27 bits per heavy atom. The highest BCUT2D eigenvalue weighted by molar-refractivity contribution is 5.78. The third kappa shape index (κ3) is 3.47. The smallest absolute Gasteiger partial charge is 0.236 e. The summed E-state index contributed by atoms with van der Waals surface area (Å²) >= 11 is 0. The summed E-state index contributed by atoms with van der Waals surface area (Å²) in [6, 6.07) is 0.379. The monoisotopic (exact) mass is 307 g/mol. The molecule has 0 saturated carbocycles. The van der Waals surface area contributed by atoms with Crippen molar-refractivity contribution in [1.29, 1.82) is 0 Å². The maximum atomic E-state index is 12.4. The second-order valence-electron chi connectivity index (χ2n) is 6.15. The highest BCUT2D eigenvalue weighted by atomic mass is 16.5. The molecular formula is C15H25N5O2. The molecule has 3 rings (SSSR count). The Bertz CT molecular complexity index is 524. The normalized spacial score (nSPS) is 23.2. The van der Waals surface area contributed by atoms with Gasteiger partial charge in [0.15, 0.2) is 0 Å². The first-order valence-electron chi connectivity index (χ1n) is 8.11. The number of aromatic nitrogens is 3. The lowest BCUT2D eigenvalue weighted by Crippen LogP contribution is -2.47. The largest absolute Gasteiger partial charge is 0.378 e. The number of aryl methyl sites for hydroxylation is 2. The molecule has 122 valence electrons. The van der Waals surface area contributed by atoms with E-state index in [2.05, 4.69) is 15.0 Å². The summed E-state index contributed by atoms with van der Waals surface area (Å²) in [6.07, 6.45) is 2.27. The summed E-state index contributed by atoms with van der Waals surface area (Å²) in [7, 11) is 0. The van der Waals surface area contributed by atoms with Crippen LogP contribution in [0.25, 0.3) is 0 Å². The quantitative estimate of drug-likeness (QED) is 0.796. The standard InChI is InChI=1S/C15H25N5O2/c1-12-16-13(2)20(17-12)10-14-4-3-5-19(14)11-15(21)18-6-8-22-9-7-18/h14H,3-11H2,1-2H3/t14-/m0/s1. The number of rotatable bonds is 4. The highest BCUT2D eigenvalue weighted by Crippen LogP contribution is 2.19. The lowest BCUT2D eigenvalue weighted by Gasteiger charge is -2.30. The fourth-order valence-corrected chi connectivity index (χ4v) is 3.33. The molecule has 2 aliphatic rings. The Labute approximate surface area is 131 Å². The first kappa shape index (κ1) is 15.4. The van der Waals surface area contributed by atoms with Crippen LogP contribution in [0.4, 0.5) is 0 Å². The zero-order valence-electron chi connectivity index (χ0n) is 13.5. The van der Waals surface area contributed by atoms with Gasteiger partial charge >= 0.3 is 0 Å². The van der Waals surface area contributed by atoms with E-state index in [1.165, 1.54) is 0 Å². The van der Waals surface area contributed by atoms with Crippen LogP contribution in [-0.4, -0.2) is 75.9 Å². The summed E-state index contributed by atoms with van der Waals surface area (Å²) in [5.74, 6) is 1.98. The van der Waals surface area contributed by atoms with Crippen LogP contribution in [-0.2, 0) is 16.1 Å². The van der Waals surface area contributed by atoms with Crippen LogP contribution in [0.5, 0.6) is 0 Å². The van der Waals surface area contributed by atoms with E-state index in [0.29, 0.717) is 25.8 Å². The summed E-state index contributed by atoms with van der Waals surface area (Å²) in [4.78, 5) is 21.0. The maximum Gasteiger partial charge on any atom is 0.236 e. The predicted octanol–water partition coefficient (Wildman–Crippen LogP) is 0.218. The first-order chi connectivity index (χ1) is 10.6. The SMILES string of the molecule is Cc1nc(C)n(C[C@@H]2CCCN2CC(=O)N2CCOCC2)n1. The fraction of sp³-hybridized carbons (Fsp3) is 0.800. The molecule has 0 N–H and O–H groups in total. The van der Waals surface area contributed by atoms with Crippen molar-refractivity contribution >= 4 is 5.91 Å². The molecule has 2 saturated heterocycles. The third-order valence-corrected chi connectivity index (χ3v) is 4.55. The molecule has 0 bridgehead atoms. The Balaban J connectivity index is 1.58. The minimum absolute atomic E-state index is 0.224. The second-order valence-corrected chi connectivity index (χ2v) is 6.15. The minimum atomic E-state index is 0.224. The molecule has 1 aromatic heterocycles. The van der Waals surface area contributed by atoms with Crippen molar-refractivity contribution < 1.29 is 9.53 Å². The van der Waals surface area contributed by atoms with Crippen LogP contribution in [0.2, 0.25) is 0 Å². The van der Waals surface area contributed by atoms with Crippen LogP contribution in [0, 0.1) is 13.8 Å². The van der Waals surface area contributed by atoms with Gasteiger partial charge in [-0.2, -0.15) is 5.10 Å². The molecule has 1 aromatic rings. The van der Waals surface area contributed by atoms with Gasteiger partial charge in [-0.05, 0) is 33.2 Å². The van der Waals surface area contributed by atoms with Crippen LogP contribution >= 0.6 is 0 Å². The van der Waals surface area contributed by atoms with Crippen LogP contribution in [0.1, 0.15) is 24.5 Å². The fourth-order valence-electron chi connectivity index (χ4n) is 3.33. The summed E-state index contributed by atoms with van der Waals surface area (Å²) in [5.41, 5.74) is 0. The number of likely N-dealkylation sites (tertiary alicyclic amines) is 1. The van der Waals surface area contributed by atoms with Gasteiger partial charge in [0.05, 0.1) is 26.3 Å². The molecule has 0 aromatic carbocycles. The van der Waals surface area contributed by atoms with Crippen molar-refractivity contribution in [1.82, 2.24) is 24.6 Å². The van der Waals surface area contributed by atoms with Gasteiger partial charge in [-0.1, -0.05) is 0 Å². The van der Waals surface area contributed by atoms with Gasteiger partial charge in [0, 0.05) is 19.1 Å². The van der Waals surface area contributed by atoms with Gasteiger partial charge in [-0.3, -0.25) is 9.69 Å². The van der Waals surface area contributed by atoms with Gasteiger partial charge in [0.1, 0.15) is 11.6 Å². The lowest BCUT2D eigenvalue weighted by molar-refractivity contribution is -0.136. The Hall–Kier alpha value is -1.47. The van der Waals surface area contributed by atoms with Crippen molar-refractivity contribution in [3.63, 3.8) is 0 Å². The molecule has 3 heterocycles. The zero-order valence-corrected chi connectivity index (χ0v) is 13.5. The number of amides is 1.